The molecule has 0 amide bonds. The molecule has 0 bridgehead atoms. The van der Waals surface area contributed by atoms with Crippen molar-refractivity contribution in [3.05, 3.63) is 203 Å². The topological polar surface area (TPSA) is 93.4 Å². The van der Waals surface area contributed by atoms with E-state index < -0.39 is 36.7 Å². The van der Waals surface area contributed by atoms with E-state index in [0.717, 1.165) is 33.2 Å². The molecular formula is C49H48N2O7. The maximum atomic E-state index is 11.9. The zero-order valence-corrected chi connectivity index (χ0v) is 32.5. The minimum absolute atomic E-state index is 0.218. The molecule has 6 atom stereocenters. The Morgan fingerprint density at radius 2 is 1.12 bits per heavy atom. The molecule has 1 aliphatic rings. The summed E-state index contributed by atoms with van der Waals surface area (Å²) in [5.41, 5.74) is 6.13. The molecule has 0 saturated carbocycles. The molecule has 2 aromatic heterocycles. The van der Waals surface area contributed by atoms with Crippen molar-refractivity contribution in [1.82, 2.24) is 9.55 Å². The molecule has 9 nitrogen and oxygen atoms in total. The Labute approximate surface area is 339 Å². The quantitative estimate of drug-likeness (QED) is 0.0981. The van der Waals surface area contributed by atoms with Crippen LogP contribution in [0.4, 0.5) is 0 Å². The molecule has 1 saturated heterocycles. The molecule has 296 valence electrons. The van der Waals surface area contributed by atoms with Gasteiger partial charge in [-0.3, -0.25) is 0 Å². The molecule has 5 aromatic carbocycles. The number of aliphatic hydroxyl groups is 1. The third kappa shape index (κ3) is 9.38. The van der Waals surface area contributed by atoms with Crippen LogP contribution in [0.5, 0.6) is 5.75 Å². The highest BCUT2D eigenvalue weighted by atomic mass is 16.6. The van der Waals surface area contributed by atoms with Gasteiger partial charge in [-0.05, 0) is 52.1 Å². The van der Waals surface area contributed by atoms with E-state index in [1.165, 1.54) is 0 Å². The summed E-state index contributed by atoms with van der Waals surface area (Å²) in [6.45, 7) is 1.56. The molecule has 0 radical (unpaired) electrons. The third-order valence-electron chi connectivity index (χ3n) is 10.5. The molecule has 9 heteroatoms. The first kappa shape index (κ1) is 39.2. The Balaban J connectivity index is 1.21. The second-order valence-corrected chi connectivity index (χ2v) is 14.4. The van der Waals surface area contributed by atoms with E-state index in [-0.39, 0.29) is 6.61 Å². The fourth-order valence-corrected chi connectivity index (χ4v) is 7.48. The van der Waals surface area contributed by atoms with Gasteiger partial charge < -0.3 is 38.1 Å². The van der Waals surface area contributed by atoms with Crippen molar-refractivity contribution in [2.45, 2.75) is 63.2 Å². The van der Waals surface area contributed by atoms with Crippen LogP contribution in [-0.2, 0) is 50.1 Å². The van der Waals surface area contributed by atoms with Crippen molar-refractivity contribution in [1.29, 1.82) is 0 Å². The molecule has 1 fully saturated rings. The maximum absolute atomic E-state index is 11.9. The van der Waals surface area contributed by atoms with Gasteiger partial charge in [0.1, 0.15) is 41.9 Å². The second-order valence-electron chi connectivity index (χ2n) is 14.4. The number of hydrogen-bond acceptors (Lipinski definition) is 8. The molecule has 1 aliphatic heterocycles. The lowest BCUT2D eigenvalue weighted by molar-refractivity contribution is -0.289. The number of benzene rings is 5. The van der Waals surface area contributed by atoms with E-state index in [1.54, 1.807) is 13.3 Å². The minimum atomic E-state index is -0.955. The Morgan fingerprint density at radius 1 is 0.603 bits per heavy atom. The largest absolute Gasteiger partial charge is 0.497 e. The van der Waals surface area contributed by atoms with Crippen LogP contribution in [0.3, 0.4) is 0 Å². The van der Waals surface area contributed by atoms with Crippen LogP contribution in [0.1, 0.15) is 45.7 Å². The maximum Gasteiger partial charge on any atom is 0.164 e. The zero-order chi connectivity index (χ0) is 39.5. The number of aromatic nitrogens is 2. The smallest absolute Gasteiger partial charge is 0.164 e. The fourth-order valence-electron chi connectivity index (χ4n) is 7.48. The Bertz CT molecular complexity index is 2290. The van der Waals surface area contributed by atoms with Gasteiger partial charge in [-0.1, -0.05) is 133 Å². The lowest BCUT2D eigenvalue weighted by Gasteiger charge is -2.46. The summed E-state index contributed by atoms with van der Waals surface area (Å²) in [5.74, 6) is 0.708. The van der Waals surface area contributed by atoms with E-state index in [2.05, 4.69) is 0 Å². The number of methoxy groups -OCH3 is 1. The predicted molar refractivity (Wildman–Crippen MR) is 222 cm³/mol. The van der Waals surface area contributed by atoms with Gasteiger partial charge in [0.25, 0.3) is 0 Å². The number of aliphatic hydroxyl groups excluding tert-OH is 1. The molecule has 1 unspecified atom stereocenters. The highest BCUT2D eigenvalue weighted by Crippen LogP contribution is 2.40. The van der Waals surface area contributed by atoms with E-state index in [9.17, 15) is 5.11 Å². The molecule has 0 aliphatic carbocycles. The van der Waals surface area contributed by atoms with Gasteiger partial charge in [-0.15, -0.1) is 0 Å². The van der Waals surface area contributed by atoms with Crippen molar-refractivity contribution in [2.75, 3.05) is 13.7 Å². The molecule has 3 heterocycles. The van der Waals surface area contributed by atoms with E-state index in [4.69, 9.17) is 33.4 Å². The highest BCUT2D eigenvalue weighted by molar-refractivity contribution is 5.81. The SMILES string of the molecule is COc1ccc(C(O)c2cn([C@@H]3O[C@H](COCc4ccccc4)[C@@H](OCc4ccccc4)[C@H](OCc4ccccc4)[C@H]3OCc3ccccc3)c3ncccc23)cc1. The van der Waals surface area contributed by atoms with Gasteiger partial charge in [0, 0.05) is 23.3 Å². The van der Waals surface area contributed by atoms with Crippen LogP contribution >= 0.6 is 0 Å². The Morgan fingerprint density at radius 3 is 1.67 bits per heavy atom. The standard InChI is InChI=1S/C49H48N2O7/c1-53-40-26-24-39(25-27-40)44(52)42-29-51(48-41(42)23-14-28-50-48)49-47(57-33-38-21-12-5-13-22-38)46(56-32-37-19-10-4-11-20-37)45(55-31-36-17-8-3-9-18-36)43(58-49)34-54-30-35-15-6-2-7-16-35/h2-29,43-47,49,52H,30-34H2,1H3/t43-,44?,45-,46+,47-,49-/m1/s1. The summed E-state index contributed by atoms with van der Waals surface area (Å²) in [6.07, 6.45) is -0.560. The first-order valence-electron chi connectivity index (χ1n) is 19.7. The summed E-state index contributed by atoms with van der Waals surface area (Å²) in [4.78, 5) is 4.87. The van der Waals surface area contributed by atoms with Gasteiger partial charge in [-0.25, -0.2) is 4.98 Å². The Kier molecular flexibility index (Phi) is 13.0. The molecular weight excluding hydrogens is 729 g/mol. The van der Waals surface area contributed by atoms with E-state index in [0.29, 0.717) is 43.4 Å². The molecule has 8 rings (SSSR count). The lowest BCUT2D eigenvalue weighted by atomic mass is 9.96. The van der Waals surface area contributed by atoms with Crippen LogP contribution in [-0.4, -0.2) is 52.8 Å². The van der Waals surface area contributed by atoms with Crippen molar-refractivity contribution in [2.24, 2.45) is 0 Å². The van der Waals surface area contributed by atoms with Crippen LogP contribution < -0.4 is 4.74 Å². The van der Waals surface area contributed by atoms with Crippen molar-refractivity contribution >= 4 is 11.0 Å². The number of fused-ring (bicyclic) bond motifs is 1. The number of hydrogen-bond donors (Lipinski definition) is 1. The summed E-state index contributed by atoms with van der Waals surface area (Å²) >= 11 is 0. The molecule has 58 heavy (non-hydrogen) atoms. The minimum Gasteiger partial charge on any atom is -0.497 e. The van der Waals surface area contributed by atoms with Crippen molar-refractivity contribution in [3.8, 4) is 5.75 Å². The predicted octanol–water partition coefficient (Wildman–Crippen LogP) is 9.00. The highest BCUT2D eigenvalue weighted by Gasteiger charge is 2.50. The lowest BCUT2D eigenvalue weighted by Crippen LogP contribution is -2.59. The number of pyridine rings is 1. The number of rotatable bonds is 17. The average molecular weight is 777 g/mol. The fraction of sp³-hybridized carbons (Fsp3) is 0.245. The van der Waals surface area contributed by atoms with Crippen LogP contribution in [0.2, 0.25) is 0 Å². The van der Waals surface area contributed by atoms with E-state index in [1.807, 2.05) is 168 Å². The summed E-state index contributed by atoms with van der Waals surface area (Å²) < 4.78 is 41.8. The second kappa shape index (κ2) is 19.2. The first-order chi connectivity index (χ1) is 28.6. The summed E-state index contributed by atoms with van der Waals surface area (Å²) in [7, 11) is 1.62. The number of ether oxygens (including phenoxy) is 6. The average Bonchev–Trinajstić information content (AvgIpc) is 3.68. The van der Waals surface area contributed by atoms with Gasteiger partial charge in [0.15, 0.2) is 6.23 Å². The van der Waals surface area contributed by atoms with Crippen LogP contribution in [0.25, 0.3) is 11.0 Å². The summed E-state index contributed by atoms with van der Waals surface area (Å²) in [5, 5.41) is 12.7. The van der Waals surface area contributed by atoms with Gasteiger partial charge in [-0.2, -0.15) is 0 Å². The van der Waals surface area contributed by atoms with Crippen LogP contribution in [0, 0.1) is 0 Å². The summed E-state index contributed by atoms with van der Waals surface area (Å²) in [6, 6.07) is 51.6. The first-order valence-corrected chi connectivity index (χ1v) is 19.7. The molecule has 7 aromatic rings. The Hall–Kier alpha value is -5.65. The third-order valence-corrected chi connectivity index (χ3v) is 10.5. The molecule has 1 N–H and O–H groups in total. The monoisotopic (exact) mass is 776 g/mol. The normalized spacial score (nSPS) is 19.9. The zero-order valence-electron chi connectivity index (χ0n) is 32.5. The van der Waals surface area contributed by atoms with Crippen molar-refractivity contribution < 1.29 is 33.5 Å². The van der Waals surface area contributed by atoms with E-state index >= 15 is 0 Å². The van der Waals surface area contributed by atoms with Gasteiger partial charge in [0.05, 0.1) is 40.1 Å². The number of nitrogens with zero attached hydrogens (tertiary/aromatic N) is 2. The van der Waals surface area contributed by atoms with Crippen molar-refractivity contribution in [3.63, 3.8) is 0 Å². The molecule has 0 spiro atoms. The van der Waals surface area contributed by atoms with Crippen LogP contribution in [0.15, 0.2) is 170 Å². The van der Waals surface area contributed by atoms with Gasteiger partial charge >= 0.3 is 0 Å². The van der Waals surface area contributed by atoms with Gasteiger partial charge in [0.2, 0.25) is 0 Å².